The van der Waals surface area contributed by atoms with Gasteiger partial charge in [-0.05, 0) is 44.7 Å². The Morgan fingerprint density at radius 3 is 2.12 bits per heavy atom. The molecule has 6 heteroatoms. The van der Waals surface area contributed by atoms with Crippen LogP contribution in [0.25, 0.3) is 0 Å². The van der Waals surface area contributed by atoms with Crippen LogP contribution in [0.15, 0.2) is 0 Å². The minimum Gasteiger partial charge on any atom is -0.343 e. The van der Waals surface area contributed by atoms with Crippen LogP contribution in [0.2, 0.25) is 0 Å². The lowest BCUT2D eigenvalue weighted by Gasteiger charge is -2.32. The average Bonchev–Trinajstić information content (AvgIpc) is 2.57. The molecule has 0 aromatic rings. The van der Waals surface area contributed by atoms with Crippen LogP contribution in [0, 0.1) is 5.92 Å². The standard InChI is InChI=1S/C18H35N3O2.ClH/c1-4-11-20(12-5-2)17(22)7-8-18(23)21-13-9-16(10-14-21)15-19-6-3;/h16,19H,4-15H2,1-3H3;1H. The Labute approximate surface area is 153 Å². The van der Waals surface area contributed by atoms with Gasteiger partial charge in [-0.3, -0.25) is 9.59 Å². The Kier molecular flexibility index (Phi) is 13.0. The number of piperidine rings is 1. The minimum atomic E-state index is 0. The number of carbonyl (C=O) groups is 2. The maximum atomic E-state index is 12.3. The summed E-state index contributed by atoms with van der Waals surface area (Å²) in [5.41, 5.74) is 0. The molecule has 1 aliphatic rings. The number of halogens is 1. The maximum absolute atomic E-state index is 12.3. The van der Waals surface area contributed by atoms with E-state index in [-0.39, 0.29) is 24.2 Å². The SMILES string of the molecule is CCCN(CCC)C(=O)CCC(=O)N1CCC(CNCC)CC1.Cl. The first-order chi connectivity index (χ1) is 11.1. The monoisotopic (exact) mass is 361 g/mol. The highest BCUT2D eigenvalue weighted by atomic mass is 35.5. The third-order valence-corrected chi connectivity index (χ3v) is 4.54. The second kappa shape index (κ2) is 13.5. The van der Waals surface area contributed by atoms with Gasteiger partial charge >= 0.3 is 0 Å². The van der Waals surface area contributed by atoms with E-state index in [0.717, 1.165) is 65.0 Å². The third kappa shape index (κ3) is 8.34. The van der Waals surface area contributed by atoms with Crippen molar-refractivity contribution in [1.29, 1.82) is 0 Å². The van der Waals surface area contributed by atoms with E-state index >= 15 is 0 Å². The van der Waals surface area contributed by atoms with Crippen molar-refractivity contribution in [2.45, 2.75) is 59.3 Å². The first-order valence-electron chi connectivity index (χ1n) is 9.38. The van der Waals surface area contributed by atoms with Gasteiger partial charge in [-0.15, -0.1) is 12.4 Å². The second-order valence-corrected chi connectivity index (χ2v) is 6.51. The van der Waals surface area contributed by atoms with E-state index in [2.05, 4.69) is 26.1 Å². The molecule has 0 aliphatic carbocycles. The first kappa shape index (κ1) is 23.2. The average molecular weight is 362 g/mol. The number of nitrogens with one attached hydrogen (secondary N) is 1. The zero-order chi connectivity index (χ0) is 17.1. The number of carbonyl (C=O) groups excluding carboxylic acids is 2. The minimum absolute atomic E-state index is 0. The predicted octanol–water partition coefficient (Wildman–Crippen LogP) is 2.69. The fourth-order valence-corrected chi connectivity index (χ4v) is 3.17. The molecule has 1 N–H and O–H groups in total. The number of rotatable bonds is 10. The normalized spacial score (nSPS) is 15.0. The molecule has 0 radical (unpaired) electrons. The van der Waals surface area contributed by atoms with Crippen LogP contribution in [0.4, 0.5) is 0 Å². The van der Waals surface area contributed by atoms with Crippen molar-refractivity contribution in [3.8, 4) is 0 Å². The molecule has 0 aromatic carbocycles. The smallest absolute Gasteiger partial charge is 0.223 e. The van der Waals surface area contributed by atoms with Crippen molar-refractivity contribution in [2.24, 2.45) is 5.92 Å². The van der Waals surface area contributed by atoms with E-state index in [1.807, 2.05) is 9.80 Å². The lowest BCUT2D eigenvalue weighted by molar-refractivity contribution is -0.137. The molecule has 24 heavy (non-hydrogen) atoms. The molecule has 0 bridgehead atoms. The summed E-state index contributed by atoms with van der Waals surface area (Å²) in [6, 6.07) is 0. The lowest BCUT2D eigenvalue weighted by atomic mass is 9.96. The summed E-state index contributed by atoms with van der Waals surface area (Å²) in [6.45, 7) is 11.6. The molecule has 0 atom stereocenters. The molecule has 2 amide bonds. The quantitative estimate of drug-likeness (QED) is 0.650. The van der Waals surface area contributed by atoms with Gasteiger partial charge in [0, 0.05) is 39.0 Å². The molecular formula is C18H36ClN3O2. The zero-order valence-corrected chi connectivity index (χ0v) is 16.5. The highest BCUT2D eigenvalue weighted by Gasteiger charge is 2.23. The highest BCUT2D eigenvalue weighted by Crippen LogP contribution is 2.17. The van der Waals surface area contributed by atoms with E-state index in [0.29, 0.717) is 18.8 Å². The molecule has 5 nitrogen and oxygen atoms in total. The summed E-state index contributed by atoms with van der Waals surface area (Å²) in [5.74, 6) is 0.961. The van der Waals surface area contributed by atoms with Crippen LogP contribution in [-0.2, 0) is 9.59 Å². The van der Waals surface area contributed by atoms with Crippen molar-refractivity contribution in [3.63, 3.8) is 0 Å². The molecule has 0 spiro atoms. The maximum Gasteiger partial charge on any atom is 0.223 e. The van der Waals surface area contributed by atoms with Crippen LogP contribution in [0.5, 0.6) is 0 Å². The first-order valence-corrected chi connectivity index (χ1v) is 9.38. The van der Waals surface area contributed by atoms with E-state index in [4.69, 9.17) is 0 Å². The number of nitrogens with zero attached hydrogens (tertiary/aromatic N) is 2. The summed E-state index contributed by atoms with van der Waals surface area (Å²) in [4.78, 5) is 28.4. The number of hydrogen-bond donors (Lipinski definition) is 1. The molecule has 1 saturated heterocycles. The van der Waals surface area contributed by atoms with Crippen LogP contribution in [0.3, 0.4) is 0 Å². The molecular weight excluding hydrogens is 326 g/mol. The third-order valence-electron chi connectivity index (χ3n) is 4.54. The topological polar surface area (TPSA) is 52.7 Å². The Balaban J connectivity index is 0.00000529. The number of amides is 2. The van der Waals surface area contributed by atoms with Crippen molar-refractivity contribution in [1.82, 2.24) is 15.1 Å². The summed E-state index contributed by atoms with van der Waals surface area (Å²) in [5, 5.41) is 3.38. The molecule has 0 saturated carbocycles. The van der Waals surface area contributed by atoms with Gasteiger partial charge in [-0.1, -0.05) is 20.8 Å². The Bertz CT molecular complexity index is 352. The fraction of sp³-hybridized carbons (Fsp3) is 0.889. The Morgan fingerprint density at radius 1 is 1.04 bits per heavy atom. The van der Waals surface area contributed by atoms with Gasteiger partial charge in [0.25, 0.3) is 0 Å². The van der Waals surface area contributed by atoms with Crippen molar-refractivity contribution >= 4 is 24.2 Å². The summed E-state index contributed by atoms with van der Waals surface area (Å²) in [7, 11) is 0. The van der Waals surface area contributed by atoms with Crippen LogP contribution in [0.1, 0.15) is 59.3 Å². The van der Waals surface area contributed by atoms with E-state index in [9.17, 15) is 9.59 Å². The number of hydrogen-bond acceptors (Lipinski definition) is 3. The van der Waals surface area contributed by atoms with Gasteiger partial charge in [-0.2, -0.15) is 0 Å². The van der Waals surface area contributed by atoms with Gasteiger partial charge in [0.05, 0.1) is 0 Å². The van der Waals surface area contributed by atoms with Gasteiger partial charge in [0.15, 0.2) is 0 Å². The van der Waals surface area contributed by atoms with Crippen molar-refractivity contribution in [2.75, 3.05) is 39.3 Å². The van der Waals surface area contributed by atoms with Crippen LogP contribution < -0.4 is 5.32 Å². The molecule has 1 rings (SSSR count). The molecule has 1 heterocycles. The molecule has 1 aliphatic heterocycles. The summed E-state index contributed by atoms with van der Waals surface area (Å²) < 4.78 is 0. The van der Waals surface area contributed by atoms with E-state index < -0.39 is 0 Å². The fourth-order valence-electron chi connectivity index (χ4n) is 3.17. The Morgan fingerprint density at radius 2 is 1.62 bits per heavy atom. The van der Waals surface area contributed by atoms with Crippen LogP contribution >= 0.6 is 12.4 Å². The van der Waals surface area contributed by atoms with Gasteiger partial charge in [-0.25, -0.2) is 0 Å². The zero-order valence-electron chi connectivity index (χ0n) is 15.7. The lowest BCUT2D eigenvalue weighted by Crippen LogP contribution is -2.41. The summed E-state index contributed by atoms with van der Waals surface area (Å²) >= 11 is 0. The van der Waals surface area contributed by atoms with Crippen molar-refractivity contribution in [3.05, 3.63) is 0 Å². The predicted molar refractivity (Wildman–Crippen MR) is 101 cm³/mol. The largest absolute Gasteiger partial charge is 0.343 e. The van der Waals surface area contributed by atoms with E-state index in [1.54, 1.807) is 0 Å². The molecule has 0 aromatic heterocycles. The van der Waals surface area contributed by atoms with E-state index in [1.165, 1.54) is 0 Å². The Hall–Kier alpha value is -0.810. The molecule has 1 fully saturated rings. The van der Waals surface area contributed by atoms with Gasteiger partial charge < -0.3 is 15.1 Å². The summed E-state index contributed by atoms with van der Waals surface area (Å²) in [6.07, 6.45) is 4.81. The van der Waals surface area contributed by atoms with Gasteiger partial charge in [0.1, 0.15) is 0 Å². The number of likely N-dealkylation sites (tertiary alicyclic amines) is 1. The van der Waals surface area contributed by atoms with Crippen LogP contribution in [-0.4, -0.2) is 60.9 Å². The highest BCUT2D eigenvalue weighted by molar-refractivity contribution is 5.85. The second-order valence-electron chi connectivity index (χ2n) is 6.51. The van der Waals surface area contributed by atoms with Crippen molar-refractivity contribution < 1.29 is 9.59 Å². The van der Waals surface area contributed by atoms with Gasteiger partial charge in [0.2, 0.25) is 11.8 Å². The molecule has 142 valence electrons. The molecule has 0 unspecified atom stereocenters.